The van der Waals surface area contributed by atoms with Crippen molar-refractivity contribution in [2.75, 3.05) is 5.32 Å². The second kappa shape index (κ2) is 7.94. The fourth-order valence-electron chi connectivity index (χ4n) is 2.40. The van der Waals surface area contributed by atoms with E-state index in [2.05, 4.69) is 15.6 Å². The molecule has 2 amide bonds. The molecular weight excluding hydrogens is 330 g/mol. The molecule has 3 N–H and O–H groups in total. The Morgan fingerprint density at radius 2 is 1.81 bits per heavy atom. The zero-order valence-electron chi connectivity index (χ0n) is 13.8. The first kappa shape index (κ1) is 17.2. The Hall–Kier alpha value is -3.67. The Labute approximate surface area is 150 Å². The van der Waals surface area contributed by atoms with Gasteiger partial charge in [0.25, 0.3) is 11.8 Å². The van der Waals surface area contributed by atoms with Crippen molar-refractivity contribution in [3.8, 4) is 5.75 Å². The molecule has 1 heterocycles. The van der Waals surface area contributed by atoms with Crippen LogP contribution in [0.25, 0.3) is 0 Å². The number of carbonyl (C=O) groups is 2. The van der Waals surface area contributed by atoms with Crippen LogP contribution in [0.1, 0.15) is 26.3 Å². The van der Waals surface area contributed by atoms with Crippen LogP contribution in [0.2, 0.25) is 0 Å². The van der Waals surface area contributed by atoms with Gasteiger partial charge in [-0.2, -0.15) is 0 Å². The van der Waals surface area contributed by atoms with Crippen LogP contribution in [-0.2, 0) is 6.54 Å². The van der Waals surface area contributed by atoms with Crippen LogP contribution in [0.3, 0.4) is 0 Å². The van der Waals surface area contributed by atoms with E-state index in [1.54, 1.807) is 54.7 Å². The molecule has 3 rings (SSSR count). The van der Waals surface area contributed by atoms with Crippen molar-refractivity contribution in [1.82, 2.24) is 10.3 Å². The smallest absolute Gasteiger partial charge is 0.257 e. The lowest BCUT2D eigenvalue weighted by atomic mass is 10.1. The molecule has 6 nitrogen and oxygen atoms in total. The van der Waals surface area contributed by atoms with Gasteiger partial charge in [0, 0.05) is 24.6 Å². The monoisotopic (exact) mass is 347 g/mol. The van der Waals surface area contributed by atoms with Crippen molar-refractivity contribution >= 4 is 17.5 Å². The fraction of sp³-hybridized carbons (Fsp3) is 0.0500. The zero-order valence-corrected chi connectivity index (χ0v) is 13.8. The van der Waals surface area contributed by atoms with Crippen LogP contribution < -0.4 is 10.6 Å². The fourth-order valence-corrected chi connectivity index (χ4v) is 2.40. The predicted octanol–water partition coefficient (Wildman–Crippen LogP) is 2.97. The highest BCUT2D eigenvalue weighted by Crippen LogP contribution is 2.16. The number of para-hydroxylation sites is 1. The number of aromatic nitrogens is 1. The number of nitrogens with one attached hydrogen (secondary N) is 2. The lowest BCUT2D eigenvalue weighted by Crippen LogP contribution is -2.23. The van der Waals surface area contributed by atoms with Crippen LogP contribution in [0.5, 0.6) is 5.75 Å². The first-order valence-electron chi connectivity index (χ1n) is 8.00. The maximum Gasteiger partial charge on any atom is 0.257 e. The third kappa shape index (κ3) is 4.24. The molecule has 6 heteroatoms. The van der Waals surface area contributed by atoms with Crippen molar-refractivity contribution in [3.05, 3.63) is 89.7 Å². The Kier molecular flexibility index (Phi) is 5.24. The number of phenolic OH excluding ortho intramolecular Hbond substituents is 1. The summed E-state index contributed by atoms with van der Waals surface area (Å²) in [5.74, 6) is -0.691. The molecule has 0 aliphatic heterocycles. The number of pyridine rings is 1. The first-order valence-corrected chi connectivity index (χ1v) is 8.00. The molecule has 0 aliphatic carbocycles. The molecule has 3 aromatic rings. The van der Waals surface area contributed by atoms with Crippen molar-refractivity contribution in [2.24, 2.45) is 0 Å². The number of aromatic hydroxyl groups is 1. The van der Waals surface area contributed by atoms with E-state index >= 15 is 0 Å². The van der Waals surface area contributed by atoms with E-state index in [0.717, 1.165) is 5.56 Å². The standard InChI is InChI=1S/C20H17N3O3/c24-18-9-2-1-8-17(18)20(26)22-12-14-5-3-7-16(11-14)23-19(25)15-6-4-10-21-13-15/h1-11,13,24H,12H2,(H,22,26)(H,23,25). The Morgan fingerprint density at radius 1 is 0.962 bits per heavy atom. The van der Waals surface area contributed by atoms with Crippen molar-refractivity contribution in [1.29, 1.82) is 0 Å². The van der Waals surface area contributed by atoms with Crippen LogP contribution in [-0.4, -0.2) is 21.9 Å². The maximum absolute atomic E-state index is 12.2. The summed E-state index contributed by atoms with van der Waals surface area (Å²) in [4.78, 5) is 28.2. The summed E-state index contributed by atoms with van der Waals surface area (Å²) in [6.07, 6.45) is 3.09. The second-order valence-corrected chi connectivity index (χ2v) is 5.60. The number of nitrogens with zero attached hydrogens (tertiary/aromatic N) is 1. The largest absolute Gasteiger partial charge is 0.507 e. The van der Waals surface area contributed by atoms with Gasteiger partial charge in [-0.1, -0.05) is 24.3 Å². The number of hydrogen-bond donors (Lipinski definition) is 3. The highest BCUT2D eigenvalue weighted by Gasteiger charge is 2.10. The van der Waals surface area contributed by atoms with E-state index in [1.165, 1.54) is 12.3 Å². The minimum atomic E-state index is -0.368. The third-order valence-electron chi connectivity index (χ3n) is 3.71. The second-order valence-electron chi connectivity index (χ2n) is 5.60. The highest BCUT2D eigenvalue weighted by molar-refractivity contribution is 6.04. The van der Waals surface area contributed by atoms with E-state index < -0.39 is 0 Å². The molecule has 0 radical (unpaired) electrons. The summed E-state index contributed by atoms with van der Waals surface area (Å²) in [5.41, 5.74) is 2.12. The molecule has 0 aliphatic rings. The molecule has 0 saturated heterocycles. The van der Waals surface area contributed by atoms with Crippen molar-refractivity contribution < 1.29 is 14.7 Å². The van der Waals surface area contributed by atoms with Crippen LogP contribution in [0.15, 0.2) is 73.1 Å². The van der Waals surface area contributed by atoms with Gasteiger partial charge in [-0.15, -0.1) is 0 Å². The SMILES string of the molecule is O=C(Nc1cccc(CNC(=O)c2ccccc2O)c1)c1cccnc1. The summed E-state index contributed by atoms with van der Waals surface area (Å²) in [6.45, 7) is 0.268. The third-order valence-corrected chi connectivity index (χ3v) is 3.71. The molecule has 0 saturated carbocycles. The average Bonchev–Trinajstić information content (AvgIpc) is 2.67. The van der Waals surface area contributed by atoms with Crippen molar-refractivity contribution in [3.63, 3.8) is 0 Å². The van der Waals surface area contributed by atoms with Gasteiger partial charge < -0.3 is 15.7 Å². The van der Waals surface area contributed by atoms with Crippen LogP contribution in [0.4, 0.5) is 5.69 Å². The molecule has 0 spiro atoms. The molecule has 0 fully saturated rings. The van der Waals surface area contributed by atoms with Gasteiger partial charge in [0.15, 0.2) is 0 Å². The summed E-state index contributed by atoms with van der Waals surface area (Å²) in [7, 11) is 0. The number of amides is 2. The zero-order chi connectivity index (χ0) is 18.4. The number of carbonyl (C=O) groups excluding carboxylic acids is 2. The Bertz CT molecular complexity index is 926. The molecular formula is C20H17N3O3. The first-order chi connectivity index (χ1) is 12.6. The number of hydrogen-bond acceptors (Lipinski definition) is 4. The van der Waals surface area contributed by atoms with Gasteiger partial charge in [-0.05, 0) is 42.0 Å². The Morgan fingerprint density at radius 3 is 2.58 bits per heavy atom. The minimum Gasteiger partial charge on any atom is -0.507 e. The molecule has 26 heavy (non-hydrogen) atoms. The molecule has 0 atom stereocenters. The van der Waals surface area contributed by atoms with Crippen LogP contribution in [0, 0.1) is 0 Å². The number of phenols is 1. The molecule has 130 valence electrons. The van der Waals surface area contributed by atoms with Gasteiger partial charge >= 0.3 is 0 Å². The number of benzene rings is 2. The molecule has 0 unspecified atom stereocenters. The van der Waals surface area contributed by atoms with Crippen molar-refractivity contribution in [2.45, 2.75) is 6.54 Å². The normalized spacial score (nSPS) is 10.2. The summed E-state index contributed by atoms with van der Waals surface area (Å²) >= 11 is 0. The highest BCUT2D eigenvalue weighted by atomic mass is 16.3. The maximum atomic E-state index is 12.2. The molecule has 2 aromatic carbocycles. The van der Waals surface area contributed by atoms with Gasteiger partial charge in [-0.3, -0.25) is 14.6 Å². The van der Waals surface area contributed by atoms with Crippen LogP contribution >= 0.6 is 0 Å². The number of rotatable bonds is 5. The quantitative estimate of drug-likeness (QED) is 0.662. The van der Waals surface area contributed by atoms with E-state index in [1.807, 2.05) is 6.07 Å². The lowest BCUT2D eigenvalue weighted by molar-refractivity contribution is 0.0947. The van der Waals surface area contributed by atoms with E-state index in [0.29, 0.717) is 11.3 Å². The summed E-state index contributed by atoms with van der Waals surface area (Å²) < 4.78 is 0. The number of anilines is 1. The summed E-state index contributed by atoms with van der Waals surface area (Å²) in [6, 6.07) is 16.9. The van der Waals surface area contributed by atoms with Gasteiger partial charge in [0.05, 0.1) is 11.1 Å². The minimum absolute atomic E-state index is 0.0671. The van der Waals surface area contributed by atoms with Gasteiger partial charge in [0.2, 0.25) is 0 Å². The van der Waals surface area contributed by atoms with E-state index in [9.17, 15) is 14.7 Å². The predicted molar refractivity (Wildman–Crippen MR) is 97.9 cm³/mol. The summed E-state index contributed by atoms with van der Waals surface area (Å²) in [5, 5.41) is 15.3. The van der Waals surface area contributed by atoms with Gasteiger partial charge in [0.1, 0.15) is 5.75 Å². The van der Waals surface area contributed by atoms with E-state index in [4.69, 9.17) is 0 Å². The topological polar surface area (TPSA) is 91.3 Å². The molecule has 1 aromatic heterocycles. The molecule has 0 bridgehead atoms. The average molecular weight is 347 g/mol. The Balaban J connectivity index is 1.63. The van der Waals surface area contributed by atoms with Gasteiger partial charge in [-0.25, -0.2) is 0 Å². The lowest BCUT2D eigenvalue weighted by Gasteiger charge is -2.09. The van der Waals surface area contributed by atoms with E-state index in [-0.39, 0.29) is 29.7 Å².